The summed E-state index contributed by atoms with van der Waals surface area (Å²) in [5, 5.41) is 9.54. The van der Waals surface area contributed by atoms with E-state index < -0.39 is 0 Å². The third-order valence-electron chi connectivity index (χ3n) is 3.57. The molecule has 0 spiro atoms. The van der Waals surface area contributed by atoms with E-state index in [4.69, 9.17) is 4.74 Å². The topological polar surface area (TPSA) is 81.1 Å². The van der Waals surface area contributed by atoms with E-state index in [9.17, 15) is 4.79 Å². The van der Waals surface area contributed by atoms with Crippen LogP contribution in [0.3, 0.4) is 0 Å². The summed E-state index contributed by atoms with van der Waals surface area (Å²) in [6, 6.07) is 14.7. The van der Waals surface area contributed by atoms with Gasteiger partial charge in [-0.15, -0.1) is 0 Å². The Morgan fingerprint density at radius 2 is 2.00 bits per heavy atom. The monoisotopic (exact) mass is 337 g/mol. The number of anilines is 1. The molecule has 0 fully saturated rings. The zero-order chi connectivity index (χ0) is 17.6. The number of carbonyl (C=O) groups is 1. The molecule has 7 heteroatoms. The molecule has 0 saturated heterocycles. The lowest BCUT2D eigenvalue weighted by atomic mass is 10.2. The molecule has 0 aliphatic heterocycles. The number of amides is 2. The highest BCUT2D eigenvalue weighted by Crippen LogP contribution is 2.30. The summed E-state index contributed by atoms with van der Waals surface area (Å²) in [7, 11) is 1.77. The number of aryl methyl sites for hydroxylation is 2. The third kappa shape index (κ3) is 4.35. The quantitative estimate of drug-likeness (QED) is 0.749. The number of rotatable bonds is 5. The molecule has 0 radical (unpaired) electrons. The van der Waals surface area contributed by atoms with Gasteiger partial charge in [0.05, 0.1) is 12.2 Å². The second-order valence-electron chi connectivity index (χ2n) is 5.52. The third-order valence-corrected chi connectivity index (χ3v) is 3.57. The smallest absolute Gasteiger partial charge is 0.319 e. The van der Waals surface area contributed by atoms with Crippen LogP contribution in [0, 0.1) is 6.92 Å². The van der Waals surface area contributed by atoms with E-state index in [0.717, 1.165) is 5.56 Å². The Morgan fingerprint density at radius 1 is 1.20 bits per heavy atom. The van der Waals surface area contributed by atoms with Gasteiger partial charge in [0.15, 0.2) is 5.75 Å². The molecule has 2 aromatic carbocycles. The van der Waals surface area contributed by atoms with Crippen LogP contribution >= 0.6 is 0 Å². The molecule has 0 saturated carbocycles. The van der Waals surface area contributed by atoms with Crippen LogP contribution in [-0.4, -0.2) is 20.8 Å². The molecule has 1 aromatic heterocycles. The Balaban J connectivity index is 1.69. The van der Waals surface area contributed by atoms with Gasteiger partial charge in [-0.05, 0) is 36.8 Å². The van der Waals surface area contributed by atoms with Crippen molar-refractivity contribution in [2.24, 2.45) is 7.05 Å². The van der Waals surface area contributed by atoms with Gasteiger partial charge in [0.1, 0.15) is 17.9 Å². The van der Waals surface area contributed by atoms with Crippen LogP contribution in [0.15, 0.2) is 54.9 Å². The highest BCUT2D eigenvalue weighted by molar-refractivity contribution is 5.91. The van der Waals surface area contributed by atoms with Crippen molar-refractivity contribution in [2.45, 2.75) is 13.5 Å². The van der Waals surface area contributed by atoms with Crippen LogP contribution in [-0.2, 0) is 13.6 Å². The molecule has 0 bridgehead atoms. The standard InChI is InChI=1S/C18H19N5O2/c1-13-8-9-16(25-14-6-4-3-5-7-14)15(10-13)22-18(24)19-11-17-20-12-21-23(17)2/h3-10,12H,11H2,1-2H3,(H2,19,22,24). The number of aromatic nitrogens is 3. The predicted molar refractivity (Wildman–Crippen MR) is 94.6 cm³/mol. The number of hydrogen-bond acceptors (Lipinski definition) is 4. The fraction of sp³-hybridized carbons (Fsp3) is 0.167. The van der Waals surface area contributed by atoms with E-state index >= 15 is 0 Å². The molecule has 1 heterocycles. The number of benzene rings is 2. The summed E-state index contributed by atoms with van der Waals surface area (Å²) in [5.74, 6) is 1.94. The molecule has 0 aliphatic carbocycles. The molecular formula is C18H19N5O2. The number of carbonyl (C=O) groups excluding carboxylic acids is 1. The van der Waals surface area contributed by atoms with Crippen molar-refractivity contribution in [1.82, 2.24) is 20.1 Å². The first kappa shape index (κ1) is 16.5. The summed E-state index contributed by atoms with van der Waals surface area (Å²) < 4.78 is 7.47. The number of hydrogen-bond donors (Lipinski definition) is 2. The summed E-state index contributed by atoms with van der Waals surface area (Å²) in [6.07, 6.45) is 1.45. The minimum atomic E-state index is -0.341. The molecule has 3 aromatic rings. The maximum Gasteiger partial charge on any atom is 0.319 e. The second-order valence-corrected chi connectivity index (χ2v) is 5.52. The van der Waals surface area contributed by atoms with Gasteiger partial charge in [0.25, 0.3) is 0 Å². The van der Waals surface area contributed by atoms with E-state index in [1.807, 2.05) is 55.5 Å². The van der Waals surface area contributed by atoms with Crippen molar-refractivity contribution in [2.75, 3.05) is 5.32 Å². The van der Waals surface area contributed by atoms with Crippen molar-refractivity contribution >= 4 is 11.7 Å². The van der Waals surface area contributed by atoms with E-state index in [-0.39, 0.29) is 12.6 Å². The number of para-hydroxylation sites is 1. The second kappa shape index (κ2) is 7.48. The maximum atomic E-state index is 12.2. The zero-order valence-corrected chi connectivity index (χ0v) is 14.1. The van der Waals surface area contributed by atoms with Crippen LogP contribution in [0.4, 0.5) is 10.5 Å². The molecule has 0 unspecified atom stereocenters. The van der Waals surface area contributed by atoms with Gasteiger partial charge >= 0.3 is 6.03 Å². The summed E-state index contributed by atoms with van der Waals surface area (Å²) in [5.41, 5.74) is 1.61. The molecule has 2 amide bonds. The van der Waals surface area contributed by atoms with Gasteiger partial charge in [-0.25, -0.2) is 9.78 Å². The summed E-state index contributed by atoms with van der Waals surface area (Å²) >= 11 is 0. The molecule has 0 aliphatic rings. The predicted octanol–water partition coefficient (Wildman–Crippen LogP) is 3.24. The Labute approximate surface area is 145 Å². The Morgan fingerprint density at radius 3 is 2.72 bits per heavy atom. The van der Waals surface area contributed by atoms with E-state index in [0.29, 0.717) is 23.0 Å². The molecule has 128 valence electrons. The van der Waals surface area contributed by atoms with Crippen molar-refractivity contribution in [3.8, 4) is 11.5 Å². The first-order chi connectivity index (χ1) is 12.1. The van der Waals surface area contributed by atoms with Gasteiger partial charge in [-0.2, -0.15) is 5.10 Å². The van der Waals surface area contributed by atoms with Crippen molar-refractivity contribution in [3.05, 3.63) is 66.2 Å². The number of urea groups is 1. The average molecular weight is 337 g/mol. The largest absolute Gasteiger partial charge is 0.455 e. The first-order valence-corrected chi connectivity index (χ1v) is 7.83. The minimum Gasteiger partial charge on any atom is -0.455 e. The van der Waals surface area contributed by atoms with E-state index in [1.165, 1.54) is 6.33 Å². The average Bonchev–Trinajstić information content (AvgIpc) is 3.01. The molecule has 2 N–H and O–H groups in total. The summed E-state index contributed by atoms with van der Waals surface area (Å²) in [4.78, 5) is 16.3. The first-order valence-electron chi connectivity index (χ1n) is 7.83. The number of ether oxygens (including phenoxy) is 1. The van der Waals surface area contributed by atoms with Crippen LogP contribution in [0.1, 0.15) is 11.4 Å². The highest BCUT2D eigenvalue weighted by atomic mass is 16.5. The van der Waals surface area contributed by atoms with E-state index in [2.05, 4.69) is 20.7 Å². The van der Waals surface area contributed by atoms with Gasteiger partial charge in [0, 0.05) is 7.05 Å². The maximum absolute atomic E-state index is 12.2. The van der Waals surface area contributed by atoms with Crippen molar-refractivity contribution in [1.29, 1.82) is 0 Å². The Bertz CT molecular complexity index is 861. The van der Waals surface area contributed by atoms with Gasteiger partial charge < -0.3 is 15.4 Å². The molecular weight excluding hydrogens is 318 g/mol. The van der Waals surface area contributed by atoms with Crippen LogP contribution < -0.4 is 15.4 Å². The van der Waals surface area contributed by atoms with Gasteiger partial charge in [-0.3, -0.25) is 4.68 Å². The molecule has 0 atom stereocenters. The van der Waals surface area contributed by atoms with Gasteiger partial charge in [-0.1, -0.05) is 24.3 Å². The van der Waals surface area contributed by atoms with Crippen LogP contribution in [0.5, 0.6) is 11.5 Å². The summed E-state index contributed by atoms with van der Waals surface area (Å²) in [6.45, 7) is 2.23. The van der Waals surface area contributed by atoms with E-state index in [1.54, 1.807) is 11.7 Å². The molecule has 25 heavy (non-hydrogen) atoms. The zero-order valence-electron chi connectivity index (χ0n) is 14.1. The SMILES string of the molecule is Cc1ccc(Oc2ccccc2)c(NC(=O)NCc2ncnn2C)c1. The van der Waals surface area contributed by atoms with Gasteiger partial charge in [0.2, 0.25) is 0 Å². The minimum absolute atomic E-state index is 0.281. The molecule has 7 nitrogen and oxygen atoms in total. The lowest BCUT2D eigenvalue weighted by Crippen LogP contribution is -2.29. The number of nitrogens with one attached hydrogen (secondary N) is 2. The molecule has 3 rings (SSSR count). The number of nitrogens with zero attached hydrogens (tertiary/aromatic N) is 3. The van der Waals surface area contributed by atoms with Crippen LogP contribution in [0.2, 0.25) is 0 Å². The Hall–Kier alpha value is -3.35. The van der Waals surface area contributed by atoms with Crippen molar-refractivity contribution < 1.29 is 9.53 Å². The normalized spacial score (nSPS) is 10.3. The Kier molecular flexibility index (Phi) is 4.94. The fourth-order valence-electron chi connectivity index (χ4n) is 2.25. The lowest BCUT2D eigenvalue weighted by Gasteiger charge is -2.13. The van der Waals surface area contributed by atoms with Crippen molar-refractivity contribution in [3.63, 3.8) is 0 Å². The lowest BCUT2D eigenvalue weighted by molar-refractivity contribution is 0.251. The highest BCUT2D eigenvalue weighted by Gasteiger charge is 2.10. The fourth-order valence-corrected chi connectivity index (χ4v) is 2.25. The van der Waals surface area contributed by atoms with Crippen LogP contribution in [0.25, 0.3) is 0 Å².